The minimum atomic E-state index is 0.00631. The molecule has 0 unspecified atom stereocenters. The molecular formula is C22H23NO3. The zero-order chi connectivity index (χ0) is 17.9. The van der Waals surface area contributed by atoms with E-state index in [1.54, 1.807) is 0 Å². The third kappa shape index (κ3) is 3.43. The minimum absolute atomic E-state index is 0.00631. The maximum atomic E-state index is 9.40. The van der Waals surface area contributed by atoms with Gasteiger partial charge in [-0.15, -0.1) is 0 Å². The number of aliphatic hydroxyl groups is 2. The Kier molecular flexibility index (Phi) is 4.87. The molecule has 0 amide bonds. The van der Waals surface area contributed by atoms with Gasteiger partial charge in [0.25, 0.3) is 0 Å². The van der Waals surface area contributed by atoms with Crippen LogP contribution >= 0.6 is 0 Å². The quantitative estimate of drug-likeness (QED) is 0.683. The summed E-state index contributed by atoms with van der Waals surface area (Å²) in [6, 6.07) is 16.3. The molecule has 1 aliphatic rings. The largest absolute Gasteiger partial charge is 0.491 e. The molecule has 1 fully saturated rings. The van der Waals surface area contributed by atoms with Gasteiger partial charge in [-0.1, -0.05) is 18.2 Å². The van der Waals surface area contributed by atoms with E-state index < -0.39 is 0 Å². The van der Waals surface area contributed by atoms with E-state index in [4.69, 9.17) is 14.8 Å². The summed E-state index contributed by atoms with van der Waals surface area (Å²) in [4.78, 5) is 4.93. The summed E-state index contributed by atoms with van der Waals surface area (Å²) in [5.41, 5.74) is 5.46. The molecule has 1 heterocycles. The number of rotatable bonds is 7. The van der Waals surface area contributed by atoms with Gasteiger partial charge in [0.1, 0.15) is 12.4 Å². The van der Waals surface area contributed by atoms with E-state index in [0.717, 1.165) is 28.1 Å². The number of aromatic nitrogens is 1. The Hall–Kier alpha value is -2.43. The topological polar surface area (TPSA) is 62.6 Å². The molecule has 1 saturated carbocycles. The van der Waals surface area contributed by atoms with Gasteiger partial charge in [-0.05, 0) is 66.6 Å². The van der Waals surface area contributed by atoms with Crippen molar-refractivity contribution in [3.63, 3.8) is 0 Å². The van der Waals surface area contributed by atoms with Gasteiger partial charge in [-0.25, -0.2) is 4.98 Å². The third-order valence-electron chi connectivity index (χ3n) is 4.86. The van der Waals surface area contributed by atoms with E-state index in [1.807, 2.05) is 24.3 Å². The van der Waals surface area contributed by atoms with E-state index >= 15 is 0 Å². The van der Waals surface area contributed by atoms with Crippen LogP contribution in [0.5, 0.6) is 5.75 Å². The fourth-order valence-electron chi connectivity index (χ4n) is 3.42. The number of para-hydroxylation sites is 1. The smallest absolute Gasteiger partial charge is 0.119 e. The van der Waals surface area contributed by atoms with Crippen LogP contribution in [0.4, 0.5) is 0 Å². The molecule has 0 atom stereocenters. The van der Waals surface area contributed by atoms with Crippen molar-refractivity contribution in [2.45, 2.75) is 25.2 Å². The summed E-state index contributed by atoms with van der Waals surface area (Å²) in [7, 11) is 0. The van der Waals surface area contributed by atoms with Crippen LogP contribution in [0.2, 0.25) is 0 Å². The molecule has 2 N–H and O–H groups in total. The van der Waals surface area contributed by atoms with Crippen LogP contribution in [-0.2, 0) is 6.42 Å². The second kappa shape index (κ2) is 7.44. The lowest BCUT2D eigenvalue weighted by Gasteiger charge is -2.13. The summed E-state index contributed by atoms with van der Waals surface area (Å²) in [6.07, 6.45) is 3.08. The summed E-state index contributed by atoms with van der Waals surface area (Å²) < 4.78 is 5.44. The normalized spacial score (nSPS) is 13.9. The Morgan fingerprint density at radius 2 is 1.81 bits per heavy atom. The molecule has 0 radical (unpaired) electrons. The predicted octanol–water partition coefficient (Wildman–Crippen LogP) is 3.69. The number of nitrogens with zero attached hydrogens (tertiary/aromatic N) is 1. The van der Waals surface area contributed by atoms with Crippen molar-refractivity contribution in [3.8, 4) is 17.0 Å². The highest BCUT2D eigenvalue weighted by Gasteiger charge is 2.26. The van der Waals surface area contributed by atoms with Crippen molar-refractivity contribution in [2.24, 2.45) is 0 Å². The van der Waals surface area contributed by atoms with E-state index in [2.05, 4.69) is 24.3 Å². The van der Waals surface area contributed by atoms with Crippen molar-refractivity contribution in [3.05, 3.63) is 59.7 Å². The van der Waals surface area contributed by atoms with E-state index in [0.29, 0.717) is 18.9 Å². The van der Waals surface area contributed by atoms with Crippen LogP contribution in [0.25, 0.3) is 22.2 Å². The summed E-state index contributed by atoms with van der Waals surface area (Å²) >= 11 is 0. The van der Waals surface area contributed by atoms with Gasteiger partial charge in [-0.2, -0.15) is 0 Å². The van der Waals surface area contributed by atoms with Crippen molar-refractivity contribution in [2.75, 3.05) is 19.8 Å². The summed E-state index contributed by atoms with van der Waals surface area (Å²) in [5, 5.41) is 19.5. The van der Waals surface area contributed by atoms with Gasteiger partial charge in [0.05, 0.1) is 17.8 Å². The molecule has 3 aromatic rings. The van der Waals surface area contributed by atoms with E-state index in [-0.39, 0.29) is 13.2 Å². The van der Waals surface area contributed by atoms with Crippen LogP contribution in [0.15, 0.2) is 48.5 Å². The molecule has 0 bridgehead atoms. The van der Waals surface area contributed by atoms with Crippen molar-refractivity contribution in [1.82, 2.24) is 4.98 Å². The first kappa shape index (κ1) is 17.0. The maximum absolute atomic E-state index is 9.40. The Bertz CT molecular complexity index is 901. The molecule has 134 valence electrons. The Morgan fingerprint density at radius 3 is 2.50 bits per heavy atom. The fraction of sp³-hybridized carbons (Fsp3) is 0.318. The highest BCUT2D eigenvalue weighted by Crippen LogP contribution is 2.44. The van der Waals surface area contributed by atoms with Crippen LogP contribution < -0.4 is 4.74 Å². The fourth-order valence-corrected chi connectivity index (χ4v) is 3.42. The SMILES string of the molecule is OCCOc1ccc(-c2cc(C3CC3)c3cccc(CCO)c3n2)cc1. The number of aliphatic hydroxyl groups excluding tert-OH is 2. The molecule has 4 heteroatoms. The average molecular weight is 349 g/mol. The molecule has 4 nitrogen and oxygen atoms in total. The first-order valence-corrected chi connectivity index (χ1v) is 9.17. The zero-order valence-electron chi connectivity index (χ0n) is 14.7. The number of pyridine rings is 1. The van der Waals surface area contributed by atoms with E-state index in [1.165, 1.54) is 23.8 Å². The summed E-state index contributed by atoms with van der Waals surface area (Å²) in [6.45, 7) is 0.428. The highest BCUT2D eigenvalue weighted by atomic mass is 16.5. The van der Waals surface area contributed by atoms with E-state index in [9.17, 15) is 5.11 Å². The maximum Gasteiger partial charge on any atom is 0.119 e. The lowest BCUT2D eigenvalue weighted by molar-refractivity contribution is 0.201. The second-order valence-electron chi connectivity index (χ2n) is 6.75. The molecule has 1 aromatic heterocycles. The zero-order valence-corrected chi connectivity index (χ0v) is 14.7. The van der Waals surface area contributed by atoms with Gasteiger partial charge in [0.15, 0.2) is 0 Å². The number of ether oxygens (including phenoxy) is 1. The number of hydrogen-bond donors (Lipinski definition) is 2. The molecule has 4 rings (SSSR count). The third-order valence-corrected chi connectivity index (χ3v) is 4.86. The van der Waals surface area contributed by atoms with Crippen LogP contribution in [0, 0.1) is 0 Å². The molecule has 0 spiro atoms. The monoisotopic (exact) mass is 349 g/mol. The number of hydrogen-bond acceptors (Lipinski definition) is 4. The Labute approximate surface area is 153 Å². The van der Waals surface area contributed by atoms with Gasteiger partial charge in [-0.3, -0.25) is 0 Å². The first-order valence-electron chi connectivity index (χ1n) is 9.17. The minimum Gasteiger partial charge on any atom is -0.491 e. The van der Waals surface area contributed by atoms with Gasteiger partial charge in [0.2, 0.25) is 0 Å². The molecule has 0 aliphatic heterocycles. The van der Waals surface area contributed by atoms with Crippen molar-refractivity contribution >= 4 is 10.9 Å². The van der Waals surface area contributed by atoms with Gasteiger partial charge >= 0.3 is 0 Å². The average Bonchev–Trinajstić information content (AvgIpc) is 3.52. The lowest BCUT2D eigenvalue weighted by atomic mass is 9.98. The standard InChI is InChI=1S/C22H23NO3/c24-11-10-17-2-1-3-19-20(15-4-5-15)14-21(23-22(17)19)16-6-8-18(9-7-16)26-13-12-25/h1-3,6-9,14-15,24-25H,4-5,10-13H2. The summed E-state index contributed by atoms with van der Waals surface area (Å²) in [5.74, 6) is 1.36. The number of benzene rings is 2. The molecule has 0 saturated heterocycles. The van der Waals surface area contributed by atoms with Crippen molar-refractivity contribution in [1.29, 1.82) is 0 Å². The second-order valence-corrected chi connectivity index (χ2v) is 6.75. The molecule has 1 aliphatic carbocycles. The Balaban J connectivity index is 1.78. The molecular weight excluding hydrogens is 326 g/mol. The van der Waals surface area contributed by atoms with Crippen molar-refractivity contribution < 1.29 is 14.9 Å². The van der Waals surface area contributed by atoms with Crippen LogP contribution in [-0.4, -0.2) is 35.0 Å². The van der Waals surface area contributed by atoms with Crippen LogP contribution in [0.1, 0.15) is 29.9 Å². The first-order chi connectivity index (χ1) is 12.8. The Morgan fingerprint density at radius 1 is 1.00 bits per heavy atom. The number of fused-ring (bicyclic) bond motifs is 1. The van der Waals surface area contributed by atoms with Gasteiger partial charge in [0, 0.05) is 17.6 Å². The van der Waals surface area contributed by atoms with Gasteiger partial charge < -0.3 is 14.9 Å². The molecule has 26 heavy (non-hydrogen) atoms. The highest BCUT2D eigenvalue weighted by molar-refractivity contribution is 5.88. The predicted molar refractivity (Wildman–Crippen MR) is 103 cm³/mol. The molecule has 2 aromatic carbocycles. The lowest BCUT2D eigenvalue weighted by Crippen LogP contribution is -2.01. The van der Waals surface area contributed by atoms with Crippen LogP contribution in [0.3, 0.4) is 0 Å².